The number of H-pyrrole nitrogens is 2. The van der Waals surface area contributed by atoms with E-state index in [1.54, 1.807) is 19.2 Å². The van der Waals surface area contributed by atoms with Crippen molar-refractivity contribution in [2.75, 3.05) is 42.9 Å². The molecule has 4 amide bonds. The van der Waals surface area contributed by atoms with Crippen LogP contribution in [0.4, 0.5) is 24.5 Å². The highest BCUT2D eigenvalue weighted by Crippen LogP contribution is 2.70. The minimum Gasteiger partial charge on any atom is -0.370 e. The van der Waals surface area contributed by atoms with Crippen molar-refractivity contribution in [1.82, 2.24) is 40.9 Å². The van der Waals surface area contributed by atoms with Crippen LogP contribution in [0.1, 0.15) is 91.5 Å². The Morgan fingerprint density at radius 2 is 1.81 bits per heavy atom. The number of likely N-dealkylation sites (tertiary alicyclic amines) is 1. The lowest BCUT2D eigenvalue weighted by Gasteiger charge is -2.37. The average molecular weight is 755 g/mol. The standard InChI is InChI=1S/C22H30FN5O3.C13H13F2N5O.C2H6/c23-16-2-1-9-27(14-16)13-15-7-10-28(11-8-15)17-3-4-18(24-12-17)21(30)25-19-5-6-20(29)26-22(19)31;1-12-3-8-7(2-9(12)13(12,14)15)10(20-19-8)11(21)18-6-4-16-17-5-6;1-2/h3-4,12,15-16,19H,1-2,5-11,13-14H2,(H,25,30)(H,26,29,31);4-5,9H,2-3H2,1H3,(H,16,17)(H,18,21)(H,19,20);1-2H3. The first kappa shape index (κ1) is 38.9. The van der Waals surface area contributed by atoms with E-state index < -0.39 is 47.2 Å². The number of piperidine rings is 3. The van der Waals surface area contributed by atoms with Gasteiger partial charge in [0, 0.05) is 67.8 Å². The number of carbonyl (C=O) groups is 4. The molecule has 0 radical (unpaired) electrons. The molecule has 4 unspecified atom stereocenters. The third kappa shape index (κ3) is 8.30. The lowest BCUT2D eigenvalue weighted by Crippen LogP contribution is -2.52. The number of hydrogen-bond donors (Lipinski definition) is 5. The fraction of sp³-hybridized carbons (Fsp3) is 0.595. The number of rotatable bonds is 7. The molecule has 1 saturated carbocycles. The predicted octanol–water partition coefficient (Wildman–Crippen LogP) is 4.05. The summed E-state index contributed by atoms with van der Waals surface area (Å²) in [6, 6.07) is 2.83. The maximum Gasteiger partial charge on any atom is 0.276 e. The van der Waals surface area contributed by atoms with Crippen molar-refractivity contribution in [3.05, 3.63) is 53.4 Å². The first-order valence-electron chi connectivity index (χ1n) is 18.9. The van der Waals surface area contributed by atoms with E-state index in [1.807, 2.05) is 19.9 Å². The minimum absolute atomic E-state index is 0.184. The van der Waals surface area contributed by atoms with Gasteiger partial charge in [-0.3, -0.25) is 34.7 Å². The average Bonchev–Trinajstić information content (AvgIpc) is 3.63. The molecule has 4 fully saturated rings. The number of aromatic nitrogens is 5. The van der Waals surface area contributed by atoms with Crippen molar-refractivity contribution in [1.29, 1.82) is 0 Å². The van der Waals surface area contributed by atoms with E-state index >= 15 is 0 Å². The number of carbonyl (C=O) groups excluding carboxylic acids is 4. The second-order valence-corrected chi connectivity index (χ2v) is 14.8. The number of imide groups is 1. The smallest absolute Gasteiger partial charge is 0.276 e. The Bertz CT molecular complexity index is 1790. The highest BCUT2D eigenvalue weighted by molar-refractivity contribution is 6.04. The fourth-order valence-corrected chi connectivity index (χ4v) is 7.98. The molecule has 3 aromatic heterocycles. The van der Waals surface area contributed by atoms with E-state index in [4.69, 9.17) is 0 Å². The summed E-state index contributed by atoms with van der Waals surface area (Å²) in [6.07, 6.45) is 8.71. The summed E-state index contributed by atoms with van der Waals surface area (Å²) in [4.78, 5) is 56.4. The fourth-order valence-electron chi connectivity index (χ4n) is 7.98. The van der Waals surface area contributed by atoms with E-state index in [2.05, 4.69) is 51.1 Å². The van der Waals surface area contributed by atoms with Gasteiger partial charge in [-0.25, -0.2) is 18.2 Å². The number of amides is 4. The molecule has 8 rings (SSSR count). The molecule has 14 nitrogen and oxygen atoms in total. The van der Waals surface area contributed by atoms with Gasteiger partial charge in [0.25, 0.3) is 17.7 Å². The van der Waals surface area contributed by atoms with Crippen LogP contribution in [0.25, 0.3) is 0 Å². The second kappa shape index (κ2) is 16.3. The van der Waals surface area contributed by atoms with E-state index in [1.165, 1.54) is 12.4 Å². The number of fused-ring (bicyclic) bond motifs is 2. The van der Waals surface area contributed by atoms with Crippen LogP contribution in [-0.2, 0) is 22.4 Å². The maximum atomic E-state index is 13.8. The Hall–Kier alpha value is -4.80. The quantitative estimate of drug-likeness (QED) is 0.223. The SMILES string of the molecule is CC.CC12Cc3[nH]nc(C(=O)Nc4cn[nH]c4)c3CC1C2(F)F.O=C1CCC(NC(=O)c2ccc(N3CCC(CN4CCCC(F)C4)CC3)cn2)C(=O)N1. The monoisotopic (exact) mass is 754 g/mol. The number of nitrogens with zero attached hydrogens (tertiary/aromatic N) is 5. The van der Waals surface area contributed by atoms with Crippen molar-refractivity contribution in [2.45, 2.75) is 90.3 Å². The maximum absolute atomic E-state index is 13.8. The first-order chi connectivity index (χ1) is 25.9. The van der Waals surface area contributed by atoms with Gasteiger partial charge in [0.1, 0.15) is 17.9 Å². The summed E-state index contributed by atoms with van der Waals surface area (Å²) in [5, 5.41) is 20.5. The summed E-state index contributed by atoms with van der Waals surface area (Å²) in [7, 11) is 0. The van der Waals surface area contributed by atoms with Gasteiger partial charge in [-0.05, 0) is 63.1 Å². The predicted molar refractivity (Wildman–Crippen MR) is 194 cm³/mol. The minimum atomic E-state index is -2.66. The number of hydrogen-bond acceptors (Lipinski definition) is 9. The van der Waals surface area contributed by atoms with E-state index in [-0.39, 0.29) is 36.6 Å². The molecule has 5 aliphatic rings. The Kier molecular flexibility index (Phi) is 11.7. The molecule has 3 aromatic rings. The van der Waals surface area contributed by atoms with Gasteiger partial charge in [0.05, 0.1) is 23.8 Å². The molecule has 2 aliphatic carbocycles. The normalized spacial score (nSPS) is 26.1. The van der Waals surface area contributed by atoms with Crippen LogP contribution in [0.3, 0.4) is 0 Å². The molecule has 3 saturated heterocycles. The first-order valence-corrected chi connectivity index (χ1v) is 18.9. The van der Waals surface area contributed by atoms with Crippen molar-refractivity contribution >= 4 is 35.0 Å². The zero-order valence-electron chi connectivity index (χ0n) is 30.9. The zero-order valence-corrected chi connectivity index (χ0v) is 30.9. The van der Waals surface area contributed by atoms with Gasteiger partial charge in [-0.1, -0.05) is 20.8 Å². The summed E-state index contributed by atoms with van der Waals surface area (Å²) in [6.45, 7) is 9.99. The van der Waals surface area contributed by atoms with Gasteiger partial charge in [-0.15, -0.1) is 0 Å². The Balaban J connectivity index is 0.000000188. The lowest BCUT2D eigenvalue weighted by molar-refractivity contribution is -0.134. The highest BCUT2D eigenvalue weighted by atomic mass is 19.3. The second-order valence-electron chi connectivity index (χ2n) is 14.8. The summed E-state index contributed by atoms with van der Waals surface area (Å²) < 4.78 is 41.2. The molecular weight excluding hydrogens is 705 g/mol. The van der Waals surface area contributed by atoms with Crippen molar-refractivity contribution in [3.63, 3.8) is 0 Å². The van der Waals surface area contributed by atoms with Crippen molar-refractivity contribution < 1.29 is 32.3 Å². The zero-order chi connectivity index (χ0) is 38.6. The van der Waals surface area contributed by atoms with Gasteiger partial charge in [0.2, 0.25) is 11.8 Å². The molecule has 3 aliphatic heterocycles. The van der Waals surface area contributed by atoms with Gasteiger partial charge >= 0.3 is 0 Å². The van der Waals surface area contributed by atoms with Crippen LogP contribution in [0, 0.1) is 17.3 Å². The Labute approximate surface area is 311 Å². The third-order valence-corrected chi connectivity index (χ3v) is 11.2. The molecule has 0 bridgehead atoms. The Morgan fingerprint density at radius 1 is 1.04 bits per heavy atom. The van der Waals surface area contributed by atoms with E-state index in [0.717, 1.165) is 51.1 Å². The molecule has 54 heavy (non-hydrogen) atoms. The number of halogens is 3. The van der Waals surface area contributed by atoms with Crippen LogP contribution < -0.4 is 20.9 Å². The number of aromatic amines is 2. The van der Waals surface area contributed by atoms with Crippen LogP contribution in [0.5, 0.6) is 0 Å². The third-order valence-electron chi connectivity index (χ3n) is 11.2. The number of anilines is 2. The Morgan fingerprint density at radius 3 is 2.48 bits per heavy atom. The summed E-state index contributed by atoms with van der Waals surface area (Å²) in [5.41, 5.74) is 2.17. The number of alkyl halides is 3. The topological polar surface area (TPSA) is 181 Å². The molecule has 5 N–H and O–H groups in total. The number of pyridine rings is 1. The van der Waals surface area contributed by atoms with E-state index in [9.17, 15) is 32.3 Å². The lowest BCUT2D eigenvalue weighted by atomic mass is 9.87. The molecule has 292 valence electrons. The van der Waals surface area contributed by atoms with Crippen LogP contribution in [0.2, 0.25) is 0 Å². The van der Waals surface area contributed by atoms with Crippen LogP contribution in [-0.4, -0.2) is 105 Å². The highest BCUT2D eigenvalue weighted by Gasteiger charge is 2.78. The van der Waals surface area contributed by atoms with Crippen molar-refractivity contribution in [2.24, 2.45) is 17.3 Å². The van der Waals surface area contributed by atoms with Gasteiger partial charge < -0.3 is 20.4 Å². The van der Waals surface area contributed by atoms with Crippen LogP contribution in [0.15, 0.2) is 30.7 Å². The van der Waals surface area contributed by atoms with E-state index in [0.29, 0.717) is 42.2 Å². The summed E-state index contributed by atoms with van der Waals surface area (Å²) in [5.74, 6) is -4.40. The number of nitrogens with one attached hydrogen (secondary N) is 5. The van der Waals surface area contributed by atoms with Gasteiger partial charge in [-0.2, -0.15) is 10.2 Å². The van der Waals surface area contributed by atoms with Crippen molar-refractivity contribution in [3.8, 4) is 0 Å². The molecule has 4 atom stereocenters. The molecule has 0 aromatic carbocycles. The molecule has 17 heteroatoms. The largest absolute Gasteiger partial charge is 0.370 e. The molecule has 0 spiro atoms. The molecular formula is C37H49F3N10O4. The van der Waals surface area contributed by atoms with Gasteiger partial charge in [0.15, 0.2) is 5.69 Å². The molecule has 6 heterocycles. The van der Waals surface area contributed by atoms with Crippen LogP contribution >= 0.6 is 0 Å². The summed E-state index contributed by atoms with van der Waals surface area (Å²) >= 11 is 0.